The minimum absolute atomic E-state index is 0.0418. The minimum atomic E-state index is -5.97. The molecule has 2 aromatic carbocycles. The SMILES string of the molecule is CC(c1c[nH]c2ccccc12)C(NC(=O)CN1CCC(N2CCCCC2)CC1)C(=O)NCc1cc(C(F)(F)F)c(C(F)(F)F)c(C(F)(F)F)c1. The quantitative estimate of drug-likeness (QED) is 0.207. The fraction of sp³-hybridized carbons (Fsp3) is 0.529. The molecule has 2 saturated heterocycles. The van der Waals surface area contributed by atoms with Crippen LogP contribution >= 0.6 is 0 Å². The third-order valence-electron chi connectivity index (χ3n) is 9.60. The standard InChI is InChI=1S/C34H38F9N5O2/c1-20(24-18-44-27-8-4-3-7-23(24)27)30(46-28(49)19-47-13-9-22(10-14-47)48-11-5-2-6-12-48)31(50)45-17-21-15-25(32(35,36)37)29(34(41,42)43)26(16-21)33(38,39)40/h3-4,7-8,15-16,18,20,22,30,44H,2,5-6,9-14,17,19H2,1H3,(H,45,50)(H,46,49). The number of halogens is 9. The first-order valence-corrected chi connectivity index (χ1v) is 16.4. The van der Waals surface area contributed by atoms with Crippen LogP contribution in [0.15, 0.2) is 42.6 Å². The molecule has 2 aliphatic heterocycles. The van der Waals surface area contributed by atoms with Crippen molar-refractivity contribution < 1.29 is 49.1 Å². The molecule has 2 atom stereocenters. The van der Waals surface area contributed by atoms with E-state index in [2.05, 4.69) is 20.5 Å². The number of alkyl halides is 9. The Bertz CT molecular complexity index is 1620. The van der Waals surface area contributed by atoms with E-state index in [4.69, 9.17) is 0 Å². The molecule has 274 valence electrons. The zero-order chi connectivity index (χ0) is 36.4. The number of hydrogen-bond donors (Lipinski definition) is 3. The van der Waals surface area contributed by atoms with Crippen molar-refractivity contribution in [1.29, 1.82) is 0 Å². The highest BCUT2D eigenvalue weighted by molar-refractivity contribution is 5.91. The van der Waals surface area contributed by atoms with Crippen LogP contribution in [0.5, 0.6) is 0 Å². The monoisotopic (exact) mass is 719 g/mol. The average Bonchev–Trinajstić information content (AvgIpc) is 3.49. The van der Waals surface area contributed by atoms with E-state index in [1.165, 1.54) is 6.42 Å². The molecule has 3 aromatic rings. The molecule has 2 fully saturated rings. The maximum Gasteiger partial charge on any atom is 0.417 e. The number of carbonyl (C=O) groups excluding carboxylic acids is 2. The van der Waals surface area contributed by atoms with Gasteiger partial charge in [-0.1, -0.05) is 31.5 Å². The van der Waals surface area contributed by atoms with Gasteiger partial charge in [-0.05, 0) is 68.1 Å². The molecule has 7 nitrogen and oxygen atoms in total. The maximum absolute atomic E-state index is 13.7. The summed E-state index contributed by atoms with van der Waals surface area (Å²) in [6.45, 7) is 4.02. The molecule has 3 N–H and O–H groups in total. The number of piperidine rings is 2. The third kappa shape index (κ3) is 8.74. The number of aromatic amines is 1. The van der Waals surface area contributed by atoms with Crippen LogP contribution in [0.2, 0.25) is 0 Å². The van der Waals surface area contributed by atoms with Gasteiger partial charge in [-0.15, -0.1) is 0 Å². The van der Waals surface area contributed by atoms with Gasteiger partial charge in [0.05, 0.1) is 23.2 Å². The van der Waals surface area contributed by atoms with E-state index in [0.717, 1.165) is 49.7 Å². The molecular formula is C34H38F9N5O2. The van der Waals surface area contributed by atoms with Gasteiger partial charge in [-0.3, -0.25) is 14.5 Å². The number of nitrogens with zero attached hydrogens (tertiary/aromatic N) is 2. The van der Waals surface area contributed by atoms with Crippen LogP contribution in [-0.2, 0) is 34.7 Å². The molecule has 5 rings (SSSR count). The van der Waals surface area contributed by atoms with Crippen LogP contribution in [0, 0.1) is 0 Å². The normalized spacial score (nSPS) is 18.6. The molecular weight excluding hydrogens is 681 g/mol. The number of benzene rings is 2. The summed E-state index contributed by atoms with van der Waals surface area (Å²) in [5, 5.41) is 5.68. The summed E-state index contributed by atoms with van der Waals surface area (Å²) in [6.07, 6.45) is -10.6. The number of likely N-dealkylation sites (tertiary alicyclic amines) is 2. The van der Waals surface area contributed by atoms with Crippen LogP contribution < -0.4 is 10.6 Å². The lowest BCUT2D eigenvalue weighted by Gasteiger charge is -2.40. The Morgan fingerprint density at radius 2 is 1.46 bits per heavy atom. The van der Waals surface area contributed by atoms with Gasteiger partial charge in [-0.2, -0.15) is 39.5 Å². The van der Waals surface area contributed by atoms with Crippen LogP contribution in [0.1, 0.15) is 72.8 Å². The Labute approximate surface area is 282 Å². The number of hydrogen-bond acceptors (Lipinski definition) is 4. The van der Waals surface area contributed by atoms with Crippen LogP contribution in [0.4, 0.5) is 39.5 Å². The van der Waals surface area contributed by atoms with Crippen LogP contribution in [0.3, 0.4) is 0 Å². The molecule has 0 spiro atoms. The van der Waals surface area contributed by atoms with Gasteiger partial charge in [0.25, 0.3) is 0 Å². The number of fused-ring (bicyclic) bond motifs is 1. The van der Waals surface area contributed by atoms with E-state index >= 15 is 0 Å². The molecule has 2 amide bonds. The summed E-state index contributed by atoms with van der Waals surface area (Å²) < 4.78 is 123. The summed E-state index contributed by atoms with van der Waals surface area (Å²) in [6, 6.07) is 6.08. The Morgan fingerprint density at radius 1 is 0.860 bits per heavy atom. The van der Waals surface area contributed by atoms with Gasteiger partial charge in [0.1, 0.15) is 6.04 Å². The molecule has 1 aromatic heterocycles. The number of carbonyl (C=O) groups is 2. The minimum Gasteiger partial charge on any atom is -0.361 e. The predicted molar refractivity (Wildman–Crippen MR) is 167 cm³/mol. The van der Waals surface area contributed by atoms with Crippen molar-refractivity contribution in [3.05, 3.63) is 70.4 Å². The van der Waals surface area contributed by atoms with E-state index in [0.29, 0.717) is 24.7 Å². The van der Waals surface area contributed by atoms with E-state index in [9.17, 15) is 49.1 Å². The van der Waals surface area contributed by atoms with Crippen molar-refractivity contribution in [2.45, 2.75) is 82.1 Å². The lowest BCUT2D eigenvalue weighted by Crippen LogP contribution is -2.53. The van der Waals surface area contributed by atoms with E-state index in [1.807, 2.05) is 4.90 Å². The molecule has 3 heterocycles. The Balaban J connectivity index is 1.36. The van der Waals surface area contributed by atoms with Gasteiger partial charge in [0.15, 0.2) is 0 Å². The van der Waals surface area contributed by atoms with E-state index in [-0.39, 0.29) is 18.7 Å². The highest BCUT2D eigenvalue weighted by Gasteiger charge is 2.50. The topological polar surface area (TPSA) is 80.5 Å². The lowest BCUT2D eigenvalue weighted by molar-refractivity contribution is -0.174. The van der Waals surface area contributed by atoms with Crippen molar-refractivity contribution in [3.63, 3.8) is 0 Å². The average molecular weight is 720 g/mol. The number of nitrogens with one attached hydrogen (secondary N) is 3. The van der Waals surface area contributed by atoms with Gasteiger partial charge in [0, 0.05) is 48.7 Å². The molecule has 0 saturated carbocycles. The summed E-state index contributed by atoms with van der Waals surface area (Å²) in [7, 11) is 0. The Morgan fingerprint density at radius 3 is 2.04 bits per heavy atom. The van der Waals surface area contributed by atoms with Crippen molar-refractivity contribution in [2.75, 3.05) is 32.7 Å². The van der Waals surface area contributed by atoms with Gasteiger partial charge in [-0.25, -0.2) is 0 Å². The zero-order valence-electron chi connectivity index (χ0n) is 27.2. The largest absolute Gasteiger partial charge is 0.417 e. The van der Waals surface area contributed by atoms with Gasteiger partial charge >= 0.3 is 18.5 Å². The second-order valence-electron chi connectivity index (χ2n) is 13.0. The van der Waals surface area contributed by atoms with E-state index in [1.54, 1.807) is 37.4 Å². The highest BCUT2D eigenvalue weighted by Crippen LogP contribution is 2.47. The van der Waals surface area contributed by atoms with Crippen molar-refractivity contribution in [1.82, 2.24) is 25.4 Å². The third-order valence-corrected chi connectivity index (χ3v) is 9.60. The first-order chi connectivity index (χ1) is 23.4. The first kappa shape index (κ1) is 37.5. The Kier molecular flexibility index (Phi) is 11.1. The lowest BCUT2D eigenvalue weighted by atomic mass is 9.91. The zero-order valence-corrected chi connectivity index (χ0v) is 27.2. The number of H-pyrrole nitrogens is 1. The summed E-state index contributed by atoms with van der Waals surface area (Å²) in [5.74, 6) is -2.20. The van der Waals surface area contributed by atoms with Crippen LogP contribution in [-0.4, -0.2) is 71.4 Å². The van der Waals surface area contributed by atoms with Crippen molar-refractivity contribution >= 4 is 22.7 Å². The van der Waals surface area contributed by atoms with Crippen molar-refractivity contribution in [2.24, 2.45) is 0 Å². The smallest absolute Gasteiger partial charge is 0.361 e. The van der Waals surface area contributed by atoms with Crippen molar-refractivity contribution in [3.8, 4) is 0 Å². The second kappa shape index (κ2) is 14.8. The summed E-state index contributed by atoms with van der Waals surface area (Å²) in [5.41, 5.74) is -7.43. The molecule has 0 radical (unpaired) electrons. The van der Waals surface area contributed by atoms with E-state index < -0.39 is 71.1 Å². The summed E-state index contributed by atoms with van der Waals surface area (Å²) >= 11 is 0. The molecule has 2 unspecified atom stereocenters. The van der Waals surface area contributed by atoms with Gasteiger partial charge in [0.2, 0.25) is 11.8 Å². The molecule has 50 heavy (non-hydrogen) atoms. The number of para-hydroxylation sites is 1. The first-order valence-electron chi connectivity index (χ1n) is 16.4. The second-order valence-corrected chi connectivity index (χ2v) is 13.0. The predicted octanol–water partition coefficient (Wildman–Crippen LogP) is 7.08. The molecule has 16 heteroatoms. The highest BCUT2D eigenvalue weighted by atomic mass is 19.4. The summed E-state index contributed by atoms with van der Waals surface area (Å²) in [4.78, 5) is 34.5. The fourth-order valence-electron chi connectivity index (χ4n) is 7.07. The number of aromatic nitrogens is 1. The maximum atomic E-state index is 13.7. The molecule has 2 aliphatic rings. The number of rotatable bonds is 9. The molecule has 0 aliphatic carbocycles. The fourth-order valence-corrected chi connectivity index (χ4v) is 7.07. The Hall–Kier alpha value is -3.79. The molecule has 0 bridgehead atoms. The van der Waals surface area contributed by atoms with Gasteiger partial charge < -0.3 is 20.5 Å². The van der Waals surface area contributed by atoms with Crippen LogP contribution in [0.25, 0.3) is 10.9 Å². The number of amides is 2.